The summed E-state index contributed by atoms with van der Waals surface area (Å²) in [6.45, 7) is 1.91. The molecule has 3 nitrogen and oxygen atoms in total. The van der Waals surface area contributed by atoms with E-state index >= 15 is 0 Å². The maximum atomic E-state index is 10.7. The van der Waals surface area contributed by atoms with Crippen LogP contribution in [0.25, 0.3) is 10.9 Å². The molecule has 0 saturated heterocycles. The Kier molecular flexibility index (Phi) is 1.59. The minimum atomic E-state index is -0.889. The second kappa shape index (κ2) is 2.62. The summed E-state index contributed by atoms with van der Waals surface area (Å²) in [6, 6.07) is 5.26. The molecule has 0 fully saturated rings. The average Bonchev–Trinajstić information content (AvgIpc) is 2.51. The van der Waals surface area contributed by atoms with Crippen LogP contribution >= 0.6 is 0 Å². The molecule has 3 heteroatoms. The molecule has 0 aliphatic heterocycles. The maximum Gasteiger partial charge on any atom is 0.335 e. The van der Waals surface area contributed by atoms with Crippen molar-refractivity contribution in [3.8, 4) is 0 Å². The van der Waals surface area contributed by atoms with E-state index in [-0.39, 0.29) is 0 Å². The highest BCUT2D eigenvalue weighted by Crippen LogP contribution is 2.19. The first-order chi connectivity index (χ1) is 6.18. The quantitative estimate of drug-likeness (QED) is 0.697. The molecule has 0 saturated carbocycles. The van der Waals surface area contributed by atoms with Crippen LogP contribution in [0, 0.1) is 6.92 Å². The van der Waals surface area contributed by atoms with Crippen LogP contribution in [0.5, 0.6) is 0 Å². The van der Waals surface area contributed by atoms with Crippen molar-refractivity contribution in [2.75, 3.05) is 0 Å². The lowest BCUT2D eigenvalue weighted by Crippen LogP contribution is -1.96. The summed E-state index contributed by atoms with van der Waals surface area (Å²) >= 11 is 0. The van der Waals surface area contributed by atoms with Crippen molar-refractivity contribution in [2.45, 2.75) is 6.92 Å². The van der Waals surface area contributed by atoms with E-state index in [0.717, 1.165) is 16.5 Å². The number of nitrogens with one attached hydrogen (secondary N) is 1. The lowest BCUT2D eigenvalue weighted by atomic mass is 10.1. The molecule has 0 aliphatic rings. The van der Waals surface area contributed by atoms with E-state index in [2.05, 4.69) is 4.98 Å². The Hall–Kier alpha value is -1.77. The molecule has 0 amide bonds. The molecule has 0 bridgehead atoms. The number of aromatic carboxylic acids is 1. The van der Waals surface area contributed by atoms with Crippen LogP contribution in [-0.2, 0) is 0 Å². The molecule has 1 aromatic heterocycles. The number of fused-ring (bicyclic) bond motifs is 1. The average molecular weight is 175 g/mol. The van der Waals surface area contributed by atoms with Crippen LogP contribution in [0.3, 0.4) is 0 Å². The maximum absolute atomic E-state index is 10.7. The molecule has 1 aromatic carbocycles. The Morgan fingerprint density at radius 3 is 2.92 bits per heavy atom. The van der Waals surface area contributed by atoms with Gasteiger partial charge in [0.2, 0.25) is 0 Å². The molecule has 2 N–H and O–H groups in total. The Bertz CT molecular complexity index is 471. The lowest BCUT2D eigenvalue weighted by Gasteiger charge is -1.98. The van der Waals surface area contributed by atoms with Crippen molar-refractivity contribution in [3.05, 3.63) is 35.5 Å². The summed E-state index contributed by atoms with van der Waals surface area (Å²) < 4.78 is 0. The molecule has 0 unspecified atom stereocenters. The van der Waals surface area contributed by atoms with Crippen molar-refractivity contribution < 1.29 is 9.90 Å². The van der Waals surface area contributed by atoms with Crippen LogP contribution in [0.4, 0.5) is 0 Å². The summed E-state index contributed by atoms with van der Waals surface area (Å²) in [7, 11) is 0. The summed E-state index contributed by atoms with van der Waals surface area (Å²) in [5.41, 5.74) is 2.18. The van der Waals surface area contributed by atoms with Gasteiger partial charge >= 0.3 is 5.97 Å². The van der Waals surface area contributed by atoms with Gasteiger partial charge in [-0.2, -0.15) is 0 Å². The molecular weight excluding hydrogens is 166 g/mol. The second-order valence-corrected chi connectivity index (χ2v) is 3.04. The molecule has 0 radical (unpaired) electrons. The lowest BCUT2D eigenvalue weighted by molar-refractivity contribution is 0.0697. The SMILES string of the molecule is Cc1cc(C(=O)O)cc2[nH]ccc12. The van der Waals surface area contributed by atoms with Gasteiger partial charge in [-0.1, -0.05) is 0 Å². The zero-order valence-electron chi connectivity index (χ0n) is 7.16. The summed E-state index contributed by atoms with van der Waals surface area (Å²) in [5, 5.41) is 9.87. The highest BCUT2D eigenvalue weighted by Gasteiger charge is 2.06. The van der Waals surface area contributed by atoms with Gasteiger partial charge in [-0.05, 0) is 30.7 Å². The Labute approximate surface area is 75.0 Å². The van der Waals surface area contributed by atoms with Gasteiger partial charge in [-0.3, -0.25) is 0 Å². The third kappa shape index (κ3) is 1.18. The number of aromatic nitrogens is 1. The van der Waals surface area contributed by atoms with E-state index in [4.69, 9.17) is 5.11 Å². The van der Waals surface area contributed by atoms with E-state index in [1.54, 1.807) is 12.1 Å². The number of aromatic amines is 1. The smallest absolute Gasteiger partial charge is 0.335 e. The van der Waals surface area contributed by atoms with E-state index in [9.17, 15) is 4.79 Å². The fourth-order valence-electron chi connectivity index (χ4n) is 1.48. The second-order valence-electron chi connectivity index (χ2n) is 3.04. The molecule has 1 heterocycles. The van der Waals surface area contributed by atoms with Gasteiger partial charge < -0.3 is 10.1 Å². The summed E-state index contributed by atoms with van der Waals surface area (Å²) in [4.78, 5) is 13.7. The van der Waals surface area contributed by atoms with Crippen molar-refractivity contribution in [1.29, 1.82) is 0 Å². The molecule has 0 atom stereocenters. The fourth-order valence-corrected chi connectivity index (χ4v) is 1.48. The molecule has 0 aliphatic carbocycles. The number of rotatable bonds is 1. The van der Waals surface area contributed by atoms with Crippen LogP contribution in [0.15, 0.2) is 24.4 Å². The molecule has 2 rings (SSSR count). The number of hydrogen-bond acceptors (Lipinski definition) is 1. The van der Waals surface area contributed by atoms with Gasteiger partial charge in [0, 0.05) is 17.1 Å². The predicted octanol–water partition coefficient (Wildman–Crippen LogP) is 2.17. The summed E-state index contributed by atoms with van der Waals surface area (Å²) in [6.07, 6.45) is 1.81. The van der Waals surface area contributed by atoms with Crippen LogP contribution in [0.2, 0.25) is 0 Å². The van der Waals surface area contributed by atoms with Crippen molar-refractivity contribution >= 4 is 16.9 Å². The highest BCUT2D eigenvalue weighted by atomic mass is 16.4. The number of carboxylic acid groups (broad SMARTS) is 1. The zero-order chi connectivity index (χ0) is 9.42. The van der Waals surface area contributed by atoms with Gasteiger partial charge in [0.05, 0.1) is 5.56 Å². The van der Waals surface area contributed by atoms with Gasteiger partial charge in [-0.25, -0.2) is 4.79 Å². The van der Waals surface area contributed by atoms with E-state index in [1.807, 2.05) is 19.2 Å². The van der Waals surface area contributed by atoms with Gasteiger partial charge in [0.15, 0.2) is 0 Å². The first kappa shape index (κ1) is 7.86. The molecule has 66 valence electrons. The van der Waals surface area contributed by atoms with Crippen molar-refractivity contribution in [2.24, 2.45) is 0 Å². The highest BCUT2D eigenvalue weighted by molar-refractivity contribution is 5.94. The number of hydrogen-bond donors (Lipinski definition) is 2. The minimum Gasteiger partial charge on any atom is -0.478 e. The van der Waals surface area contributed by atoms with Gasteiger partial charge in [0.1, 0.15) is 0 Å². The van der Waals surface area contributed by atoms with Gasteiger partial charge in [0.25, 0.3) is 0 Å². The van der Waals surface area contributed by atoms with E-state index < -0.39 is 5.97 Å². The molecular formula is C10H9NO2. The normalized spacial score (nSPS) is 10.5. The van der Waals surface area contributed by atoms with Gasteiger partial charge in [-0.15, -0.1) is 0 Å². The largest absolute Gasteiger partial charge is 0.478 e. The third-order valence-electron chi connectivity index (χ3n) is 2.12. The number of aryl methyl sites for hydroxylation is 1. The first-order valence-corrected chi connectivity index (χ1v) is 3.99. The number of H-pyrrole nitrogens is 1. The standard InChI is InChI=1S/C10H9NO2/c1-6-4-7(10(12)13)5-9-8(6)2-3-11-9/h2-5,11H,1H3,(H,12,13). The number of carboxylic acids is 1. The predicted molar refractivity (Wildman–Crippen MR) is 50.0 cm³/mol. The van der Waals surface area contributed by atoms with Crippen LogP contribution in [0.1, 0.15) is 15.9 Å². The Balaban J connectivity index is 2.77. The minimum absolute atomic E-state index is 0.326. The topological polar surface area (TPSA) is 53.1 Å². The monoisotopic (exact) mass is 175 g/mol. The molecule has 2 aromatic rings. The van der Waals surface area contributed by atoms with E-state index in [1.165, 1.54) is 0 Å². The zero-order valence-corrected chi connectivity index (χ0v) is 7.16. The molecule has 0 spiro atoms. The number of benzene rings is 1. The van der Waals surface area contributed by atoms with Crippen LogP contribution in [-0.4, -0.2) is 16.1 Å². The molecule has 13 heavy (non-hydrogen) atoms. The first-order valence-electron chi connectivity index (χ1n) is 3.99. The van der Waals surface area contributed by atoms with Crippen LogP contribution < -0.4 is 0 Å². The van der Waals surface area contributed by atoms with Crippen molar-refractivity contribution in [1.82, 2.24) is 4.98 Å². The fraction of sp³-hybridized carbons (Fsp3) is 0.100. The number of carbonyl (C=O) groups is 1. The van der Waals surface area contributed by atoms with E-state index in [0.29, 0.717) is 5.56 Å². The van der Waals surface area contributed by atoms with Crippen molar-refractivity contribution in [3.63, 3.8) is 0 Å². The Morgan fingerprint density at radius 2 is 2.23 bits per heavy atom. The summed E-state index contributed by atoms with van der Waals surface area (Å²) in [5.74, 6) is -0.889. The Morgan fingerprint density at radius 1 is 1.46 bits per heavy atom. The third-order valence-corrected chi connectivity index (χ3v) is 2.12.